The van der Waals surface area contributed by atoms with Crippen LogP contribution in [0.5, 0.6) is 0 Å². The smallest absolute Gasteiger partial charge is 0.322 e. The van der Waals surface area contributed by atoms with Crippen molar-refractivity contribution >= 4 is 23.2 Å². The highest BCUT2D eigenvalue weighted by molar-refractivity contribution is 6.06. The van der Waals surface area contributed by atoms with E-state index in [-0.39, 0.29) is 11.5 Å². The molecule has 0 radical (unpaired) electrons. The van der Waals surface area contributed by atoms with Gasteiger partial charge in [-0.15, -0.1) is 0 Å². The van der Waals surface area contributed by atoms with Crippen LogP contribution in [0.1, 0.15) is 26.3 Å². The number of carbonyl (C=O) groups is 2. The van der Waals surface area contributed by atoms with Crippen molar-refractivity contribution in [2.45, 2.75) is 6.18 Å². The van der Waals surface area contributed by atoms with Gasteiger partial charge in [0.1, 0.15) is 0 Å². The quantitative estimate of drug-likeness (QED) is 0.689. The fourth-order valence-corrected chi connectivity index (χ4v) is 2.42. The average molecular weight is 385 g/mol. The highest BCUT2D eigenvalue weighted by Gasteiger charge is 2.30. The van der Waals surface area contributed by atoms with Crippen molar-refractivity contribution in [2.24, 2.45) is 0 Å². The first-order valence-corrected chi connectivity index (χ1v) is 8.13. The van der Waals surface area contributed by atoms with Crippen molar-refractivity contribution in [2.75, 3.05) is 10.6 Å². The fraction of sp³-hybridized carbons (Fsp3) is 0.0500. The molecule has 1 aromatic heterocycles. The number of amides is 2. The Labute approximate surface area is 158 Å². The molecule has 0 saturated carbocycles. The van der Waals surface area contributed by atoms with Gasteiger partial charge >= 0.3 is 6.18 Å². The maximum Gasteiger partial charge on any atom is 0.416 e. The van der Waals surface area contributed by atoms with Gasteiger partial charge in [0.05, 0.1) is 11.1 Å². The lowest BCUT2D eigenvalue weighted by molar-refractivity contribution is -0.137. The van der Waals surface area contributed by atoms with E-state index in [1.165, 1.54) is 24.4 Å². The molecule has 0 atom stereocenters. The van der Waals surface area contributed by atoms with E-state index in [1.807, 2.05) is 0 Å². The molecule has 2 aromatic carbocycles. The number of rotatable bonds is 4. The van der Waals surface area contributed by atoms with Gasteiger partial charge in [-0.3, -0.25) is 14.6 Å². The van der Waals surface area contributed by atoms with Crippen molar-refractivity contribution in [3.05, 3.63) is 89.7 Å². The first-order valence-electron chi connectivity index (χ1n) is 8.13. The summed E-state index contributed by atoms with van der Waals surface area (Å²) >= 11 is 0. The molecule has 0 aliphatic carbocycles. The van der Waals surface area contributed by atoms with Crippen LogP contribution in [0.15, 0.2) is 73.1 Å². The molecule has 2 N–H and O–H groups in total. The number of nitrogens with zero attached hydrogens (tertiary/aromatic N) is 1. The van der Waals surface area contributed by atoms with Gasteiger partial charge in [0, 0.05) is 29.3 Å². The van der Waals surface area contributed by atoms with Crippen molar-refractivity contribution in [3.8, 4) is 0 Å². The van der Waals surface area contributed by atoms with Gasteiger partial charge in [-0.1, -0.05) is 12.1 Å². The molecular weight excluding hydrogens is 371 g/mol. The molecule has 0 bridgehead atoms. The molecular formula is C20H14F3N3O2. The molecule has 0 fully saturated rings. The molecule has 3 aromatic rings. The Morgan fingerprint density at radius 3 is 2.00 bits per heavy atom. The third-order valence-corrected chi connectivity index (χ3v) is 3.75. The first-order chi connectivity index (χ1) is 13.3. The topological polar surface area (TPSA) is 71.1 Å². The Bertz CT molecular complexity index is 1000. The van der Waals surface area contributed by atoms with Crippen molar-refractivity contribution in [1.29, 1.82) is 0 Å². The Morgan fingerprint density at radius 2 is 1.39 bits per heavy atom. The number of halogens is 3. The number of pyridine rings is 1. The monoisotopic (exact) mass is 385 g/mol. The summed E-state index contributed by atoms with van der Waals surface area (Å²) in [6, 6.07) is 13.6. The summed E-state index contributed by atoms with van der Waals surface area (Å²) in [5.41, 5.74) is 0.0697. The predicted octanol–water partition coefficient (Wildman–Crippen LogP) is 4.61. The predicted molar refractivity (Wildman–Crippen MR) is 98.0 cm³/mol. The Hall–Kier alpha value is -3.68. The second-order valence-corrected chi connectivity index (χ2v) is 5.81. The number of benzene rings is 2. The Kier molecular flexibility index (Phi) is 5.39. The van der Waals surface area contributed by atoms with E-state index in [0.717, 1.165) is 12.1 Å². The Balaban J connectivity index is 1.72. The van der Waals surface area contributed by atoms with E-state index in [4.69, 9.17) is 0 Å². The van der Waals surface area contributed by atoms with Crippen LogP contribution in [0.25, 0.3) is 0 Å². The van der Waals surface area contributed by atoms with E-state index in [0.29, 0.717) is 16.9 Å². The average Bonchev–Trinajstić information content (AvgIpc) is 2.68. The van der Waals surface area contributed by atoms with Crippen LogP contribution in [0.4, 0.5) is 24.5 Å². The van der Waals surface area contributed by atoms with Gasteiger partial charge in [-0.25, -0.2) is 0 Å². The van der Waals surface area contributed by atoms with Crippen molar-refractivity contribution in [1.82, 2.24) is 4.98 Å². The van der Waals surface area contributed by atoms with Crippen LogP contribution in [-0.2, 0) is 6.18 Å². The lowest BCUT2D eigenvalue weighted by Crippen LogP contribution is -2.15. The molecule has 142 valence electrons. The molecule has 0 spiro atoms. The Morgan fingerprint density at radius 1 is 0.786 bits per heavy atom. The van der Waals surface area contributed by atoms with Crippen LogP contribution in [-0.4, -0.2) is 16.8 Å². The third-order valence-electron chi connectivity index (χ3n) is 3.75. The normalized spacial score (nSPS) is 11.0. The number of hydrogen-bond acceptors (Lipinski definition) is 3. The maximum absolute atomic E-state index is 12.8. The van der Waals surface area contributed by atoms with Gasteiger partial charge in [0.2, 0.25) is 0 Å². The molecule has 3 rings (SSSR count). The van der Waals surface area contributed by atoms with Gasteiger partial charge in [0.15, 0.2) is 0 Å². The van der Waals surface area contributed by atoms with E-state index < -0.39 is 17.6 Å². The lowest BCUT2D eigenvalue weighted by Gasteiger charge is -2.10. The summed E-state index contributed by atoms with van der Waals surface area (Å²) in [6.07, 6.45) is -1.58. The van der Waals surface area contributed by atoms with Crippen LogP contribution in [0.2, 0.25) is 0 Å². The molecule has 0 saturated heterocycles. The first kappa shape index (κ1) is 19.1. The van der Waals surface area contributed by atoms with Crippen LogP contribution < -0.4 is 10.6 Å². The highest BCUT2D eigenvalue weighted by atomic mass is 19.4. The molecule has 1 heterocycles. The molecule has 28 heavy (non-hydrogen) atoms. The van der Waals surface area contributed by atoms with Gasteiger partial charge in [0.25, 0.3) is 11.8 Å². The van der Waals surface area contributed by atoms with Crippen LogP contribution >= 0.6 is 0 Å². The number of aromatic nitrogens is 1. The number of anilines is 2. The van der Waals surface area contributed by atoms with Gasteiger partial charge in [-0.05, 0) is 48.5 Å². The number of alkyl halides is 3. The molecule has 0 unspecified atom stereocenters. The maximum atomic E-state index is 12.8. The van der Waals surface area contributed by atoms with Crippen LogP contribution in [0.3, 0.4) is 0 Å². The molecule has 5 nitrogen and oxygen atoms in total. The van der Waals surface area contributed by atoms with Crippen LogP contribution in [0, 0.1) is 0 Å². The van der Waals surface area contributed by atoms with E-state index in [1.54, 1.807) is 36.5 Å². The summed E-state index contributed by atoms with van der Waals surface area (Å²) < 4.78 is 38.4. The summed E-state index contributed by atoms with van der Waals surface area (Å²) in [5, 5.41) is 5.18. The van der Waals surface area contributed by atoms with Crippen molar-refractivity contribution < 1.29 is 22.8 Å². The highest BCUT2D eigenvalue weighted by Crippen LogP contribution is 2.29. The number of hydrogen-bond donors (Lipinski definition) is 2. The second kappa shape index (κ2) is 7.91. The fourth-order valence-electron chi connectivity index (χ4n) is 2.42. The van der Waals surface area contributed by atoms with Crippen molar-refractivity contribution in [3.63, 3.8) is 0 Å². The number of carbonyl (C=O) groups excluding carboxylic acids is 2. The van der Waals surface area contributed by atoms with E-state index in [9.17, 15) is 22.8 Å². The zero-order valence-electron chi connectivity index (χ0n) is 14.3. The SMILES string of the molecule is O=C(Nc1cccc(NC(=O)c2cccc(C(F)(F)F)c2)c1)c1cccnc1. The third kappa shape index (κ3) is 4.73. The lowest BCUT2D eigenvalue weighted by atomic mass is 10.1. The molecule has 8 heteroatoms. The molecule has 0 aliphatic heterocycles. The minimum Gasteiger partial charge on any atom is -0.322 e. The summed E-state index contributed by atoms with van der Waals surface area (Å²) in [4.78, 5) is 28.3. The zero-order chi connectivity index (χ0) is 20.1. The van der Waals surface area contributed by atoms with Gasteiger partial charge in [-0.2, -0.15) is 13.2 Å². The van der Waals surface area contributed by atoms with Gasteiger partial charge < -0.3 is 10.6 Å². The summed E-state index contributed by atoms with van der Waals surface area (Å²) in [6.45, 7) is 0. The molecule has 0 aliphatic rings. The summed E-state index contributed by atoms with van der Waals surface area (Å²) in [5.74, 6) is -1.07. The minimum absolute atomic E-state index is 0.125. The summed E-state index contributed by atoms with van der Waals surface area (Å²) in [7, 11) is 0. The molecule has 2 amide bonds. The van der Waals surface area contributed by atoms with E-state index in [2.05, 4.69) is 15.6 Å². The standard InChI is InChI=1S/C20H14F3N3O2/c21-20(22,23)15-6-1-4-13(10-15)18(27)25-16-7-2-8-17(11-16)26-19(28)14-5-3-9-24-12-14/h1-12H,(H,25,27)(H,26,28). The second-order valence-electron chi connectivity index (χ2n) is 5.81. The zero-order valence-corrected chi connectivity index (χ0v) is 14.3. The minimum atomic E-state index is -4.53. The van der Waals surface area contributed by atoms with E-state index >= 15 is 0 Å². The number of nitrogens with one attached hydrogen (secondary N) is 2. The largest absolute Gasteiger partial charge is 0.416 e.